The Morgan fingerprint density at radius 3 is 2.20 bits per heavy atom. The quantitative estimate of drug-likeness (QED) is 0.617. The van der Waals surface area contributed by atoms with E-state index in [2.05, 4.69) is 0 Å². The molecule has 1 aliphatic rings. The van der Waals surface area contributed by atoms with E-state index in [0.717, 1.165) is 4.90 Å². The third-order valence-electron chi connectivity index (χ3n) is 3.18. The number of nitrogens with zero attached hydrogens (tertiary/aromatic N) is 1. The van der Waals surface area contributed by atoms with Crippen LogP contribution in [-0.2, 0) is 9.59 Å². The molecule has 1 aliphatic heterocycles. The molecule has 0 saturated heterocycles. The Kier molecular flexibility index (Phi) is 3.93. The zero-order valence-corrected chi connectivity index (χ0v) is 10.5. The molecular weight excluding hydrogens is 262 g/mol. The van der Waals surface area contributed by atoms with Crippen LogP contribution in [0.25, 0.3) is 0 Å². The van der Waals surface area contributed by atoms with Crippen LogP contribution in [0.2, 0.25) is 0 Å². The maximum absolute atomic E-state index is 12.2. The molecule has 6 heteroatoms. The molecular formula is C14H12NO5. The van der Waals surface area contributed by atoms with Crippen molar-refractivity contribution in [1.29, 1.82) is 0 Å². The van der Waals surface area contributed by atoms with Crippen LogP contribution in [-0.4, -0.2) is 40.1 Å². The van der Waals surface area contributed by atoms with E-state index in [0.29, 0.717) is 0 Å². The summed E-state index contributed by atoms with van der Waals surface area (Å²) in [7, 11) is 0. The van der Waals surface area contributed by atoms with Crippen molar-refractivity contribution < 1.29 is 24.3 Å². The van der Waals surface area contributed by atoms with Crippen LogP contribution < -0.4 is 0 Å². The third-order valence-corrected chi connectivity index (χ3v) is 3.18. The first-order chi connectivity index (χ1) is 9.57. The van der Waals surface area contributed by atoms with Crippen LogP contribution in [0.3, 0.4) is 0 Å². The molecule has 103 valence electrons. The standard InChI is InChI=1S/C14H12NO5/c16-8-4-3-7-11(14(19)20)15-12(17)9-5-1-2-6-10(9)13(15)18/h1-2,5-6,11H,3-4,7H2,(H,19,20). The Balaban J connectivity index is 2.27. The Morgan fingerprint density at radius 2 is 1.75 bits per heavy atom. The summed E-state index contributed by atoms with van der Waals surface area (Å²) in [5, 5.41) is 9.20. The van der Waals surface area contributed by atoms with Gasteiger partial charge in [-0.3, -0.25) is 19.3 Å². The van der Waals surface area contributed by atoms with Crippen molar-refractivity contribution in [2.75, 3.05) is 0 Å². The average molecular weight is 274 g/mol. The molecule has 20 heavy (non-hydrogen) atoms. The van der Waals surface area contributed by atoms with Gasteiger partial charge in [-0.05, 0) is 25.0 Å². The van der Waals surface area contributed by atoms with Gasteiger partial charge in [0.1, 0.15) is 6.04 Å². The molecule has 0 aromatic heterocycles. The van der Waals surface area contributed by atoms with Crippen molar-refractivity contribution in [3.05, 3.63) is 35.4 Å². The summed E-state index contributed by atoms with van der Waals surface area (Å²) in [5.74, 6) is -2.47. The molecule has 1 N–H and O–H groups in total. The summed E-state index contributed by atoms with van der Waals surface area (Å²) >= 11 is 0. The van der Waals surface area contributed by atoms with Gasteiger partial charge in [-0.15, -0.1) is 0 Å². The summed E-state index contributed by atoms with van der Waals surface area (Å²) in [5.41, 5.74) is 0.427. The van der Waals surface area contributed by atoms with Gasteiger partial charge in [0, 0.05) is 6.42 Å². The number of carbonyl (C=O) groups excluding carboxylic acids is 3. The van der Waals surface area contributed by atoms with Crippen LogP contribution in [0.15, 0.2) is 24.3 Å². The van der Waals surface area contributed by atoms with Crippen LogP contribution in [0.4, 0.5) is 0 Å². The molecule has 2 rings (SSSR count). The topological polar surface area (TPSA) is 91.8 Å². The summed E-state index contributed by atoms with van der Waals surface area (Å²) in [6.07, 6.45) is 2.03. The fraction of sp³-hybridized carbons (Fsp3) is 0.286. The van der Waals surface area contributed by atoms with Crippen LogP contribution in [0.1, 0.15) is 40.0 Å². The number of carboxylic acid groups (broad SMARTS) is 1. The zero-order chi connectivity index (χ0) is 14.7. The molecule has 0 fully saturated rings. The van der Waals surface area contributed by atoms with Gasteiger partial charge in [-0.2, -0.15) is 0 Å². The lowest BCUT2D eigenvalue weighted by molar-refractivity contribution is -0.141. The fourth-order valence-electron chi connectivity index (χ4n) is 2.22. The highest BCUT2D eigenvalue weighted by Crippen LogP contribution is 2.26. The number of unbranched alkanes of at least 4 members (excludes halogenated alkanes) is 1. The molecule has 0 aliphatic carbocycles. The highest BCUT2D eigenvalue weighted by atomic mass is 16.4. The van der Waals surface area contributed by atoms with E-state index >= 15 is 0 Å². The number of carboxylic acids is 1. The van der Waals surface area contributed by atoms with Gasteiger partial charge in [0.25, 0.3) is 11.8 Å². The molecule has 1 unspecified atom stereocenters. The van der Waals surface area contributed by atoms with E-state index in [9.17, 15) is 24.3 Å². The second-order valence-corrected chi connectivity index (χ2v) is 4.42. The Morgan fingerprint density at radius 1 is 1.20 bits per heavy atom. The number of hydrogen-bond acceptors (Lipinski definition) is 4. The molecule has 1 aromatic carbocycles. The van der Waals surface area contributed by atoms with E-state index in [4.69, 9.17) is 0 Å². The molecule has 6 nitrogen and oxygen atoms in total. The molecule has 0 saturated carbocycles. The van der Waals surface area contributed by atoms with Gasteiger partial charge in [0.15, 0.2) is 6.29 Å². The molecule has 0 bridgehead atoms. The Labute approximate surface area is 115 Å². The summed E-state index contributed by atoms with van der Waals surface area (Å²) in [6.45, 7) is 0. The lowest BCUT2D eigenvalue weighted by Gasteiger charge is -2.22. The lowest BCUT2D eigenvalue weighted by atomic mass is 10.1. The number of fused-ring (bicyclic) bond motifs is 1. The minimum Gasteiger partial charge on any atom is -0.480 e. The summed E-state index contributed by atoms with van der Waals surface area (Å²) < 4.78 is 0. The van der Waals surface area contributed by atoms with Crippen LogP contribution >= 0.6 is 0 Å². The van der Waals surface area contributed by atoms with Gasteiger partial charge in [0.05, 0.1) is 11.1 Å². The highest BCUT2D eigenvalue weighted by molar-refractivity contribution is 6.22. The third kappa shape index (κ3) is 2.32. The van der Waals surface area contributed by atoms with E-state index in [-0.39, 0.29) is 30.4 Å². The second kappa shape index (κ2) is 5.64. The van der Waals surface area contributed by atoms with Crippen molar-refractivity contribution in [3.63, 3.8) is 0 Å². The number of aliphatic carboxylic acids is 1. The van der Waals surface area contributed by atoms with Gasteiger partial charge in [0.2, 0.25) is 0 Å². The predicted octanol–water partition coefficient (Wildman–Crippen LogP) is 1.02. The molecule has 2 amide bonds. The number of benzene rings is 1. The smallest absolute Gasteiger partial charge is 0.326 e. The Bertz CT molecular complexity index is 546. The van der Waals surface area contributed by atoms with Crippen molar-refractivity contribution in [3.8, 4) is 0 Å². The summed E-state index contributed by atoms with van der Waals surface area (Å²) in [6, 6.07) is 4.96. The Hall–Kier alpha value is -2.50. The van der Waals surface area contributed by atoms with Gasteiger partial charge < -0.3 is 5.11 Å². The monoisotopic (exact) mass is 274 g/mol. The minimum absolute atomic E-state index is 0.0377. The first-order valence-electron chi connectivity index (χ1n) is 6.12. The first kappa shape index (κ1) is 13.9. The predicted molar refractivity (Wildman–Crippen MR) is 67.9 cm³/mol. The van der Waals surface area contributed by atoms with E-state index in [1.807, 2.05) is 0 Å². The van der Waals surface area contributed by atoms with E-state index < -0.39 is 23.8 Å². The lowest BCUT2D eigenvalue weighted by Crippen LogP contribution is -2.44. The number of hydrogen-bond donors (Lipinski definition) is 1. The minimum atomic E-state index is -1.26. The number of carbonyl (C=O) groups is 3. The maximum atomic E-state index is 12.2. The van der Waals surface area contributed by atoms with E-state index in [1.54, 1.807) is 18.4 Å². The maximum Gasteiger partial charge on any atom is 0.326 e. The molecule has 1 atom stereocenters. The largest absolute Gasteiger partial charge is 0.480 e. The van der Waals surface area contributed by atoms with Crippen LogP contribution in [0, 0.1) is 0 Å². The van der Waals surface area contributed by atoms with Crippen LogP contribution in [0.5, 0.6) is 0 Å². The number of rotatable bonds is 6. The van der Waals surface area contributed by atoms with Crippen molar-refractivity contribution in [2.45, 2.75) is 25.3 Å². The van der Waals surface area contributed by atoms with Crippen molar-refractivity contribution in [2.24, 2.45) is 0 Å². The normalized spacial score (nSPS) is 15.1. The van der Waals surface area contributed by atoms with Crippen molar-refractivity contribution >= 4 is 24.1 Å². The van der Waals surface area contributed by atoms with E-state index in [1.165, 1.54) is 12.1 Å². The fourth-order valence-corrected chi connectivity index (χ4v) is 2.22. The van der Waals surface area contributed by atoms with Gasteiger partial charge >= 0.3 is 5.97 Å². The summed E-state index contributed by atoms with van der Waals surface area (Å²) in [4.78, 5) is 46.5. The molecule has 1 heterocycles. The molecule has 1 aromatic rings. The number of imide groups is 1. The molecule has 0 spiro atoms. The van der Waals surface area contributed by atoms with Gasteiger partial charge in [-0.25, -0.2) is 4.79 Å². The first-order valence-corrected chi connectivity index (χ1v) is 6.12. The SMILES string of the molecule is O=[C]CCCC(C(=O)O)N1C(=O)c2ccccc2C1=O. The molecule has 1 radical (unpaired) electrons. The second-order valence-electron chi connectivity index (χ2n) is 4.42. The highest BCUT2D eigenvalue weighted by Gasteiger charge is 2.42. The van der Waals surface area contributed by atoms with Gasteiger partial charge in [-0.1, -0.05) is 12.1 Å². The number of amides is 2. The average Bonchev–Trinajstić information content (AvgIpc) is 2.68. The zero-order valence-electron chi connectivity index (χ0n) is 10.5. The van der Waals surface area contributed by atoms with Crippen molar-refractivity contribution in [1.82, 2.24) is 4.90 Å².